The van der Waals surface area contributed by atoms with E-state index in [4.69, 9.17) is 0 Å². The average molecular weight is 257 g/mol. The molecule has 1 aromatic carbocycles. The fourth-order valence-corrected chi connectivity index (χ4v) is 4.81. The van der Waals surface area contributed by atoms with Crippen molar-refractivity contribution < 1.29 is 4.90 Å². The molecule has 3 aliphatic rings. The van der Waals surface area contributed by atoms with Gasteiger partial charge in [-0.15, -0.1) is 0 Å². The topological polar surface area (TPSA) is 7.68 Å². The van der Waals surface area contributed by atoms with Gasteiger partial charge in [-0.05, 0) is 37.3 Å². The summed E-state index contributed by atoms with van der Waals surface area (Å²) in [5.41, 5.74) is 1.41. The fraction of sp³-hybridized carbons (Fsp3) is 0.647. The molecule has 3 fully saturated rings. The molecule has 2 aliphatic carbocycles. The SMILES string of the molecule is c1ccc(N2CC[NH+]([C@H]3C[C@@H]4CC[C@H]3C4)CC2)cc1. The molecule has 0 spiro atoms. The first-order valence-corrected chi connectivity index (χ1v) is 8.05. The smallest absolute Gasteiger partial charge is 0.0951 e. The molecule has 102 valence electrons. The van der Waals surface area contributed by atoms with E-state index >= 15 is 0 Å². The summed E-state index contributed by atoms with van der Waals surface area (Å²) in [5, 5.41) is 0. The van der Waals surface area contributed by atoms with Crippen LogP contribution in [0.25, 0.3) is 0 Å². The molecular formula is C17H25N2+. The normalized spacial score (nSPS) is 34.9. The molecule has 0 unspecified atom stereocenters. The summed E-state index contributed by atoms with van der Waals surface area (Å²) in [7, 11) is 0. The number of fused-ring (bicyclic) bond motifs is 2. The number of anilines is 1. The van der Waals surface area contributed by atoms with Crippen molar-refractivity contribution in [1.82, 2.24) is 0 Å². The predicted octanol–water partition coefficient (Wildman–Crippen LogP) is 1.58. The van der Waals surface area contributed by atoms with Crippen molar-refractivity contribution in [1.29, 1.82) is 0 Å². The summed E-state index contributed by atoms with van der Waals surface area (Å²) < 4.78 is 0. The van der Waals surface area contributed by atoms with Gasteiger partial charge >= 0.3 is 0 Å². The van der Waals surface area contributed by atoms with Gasteiger partial charge in [0.05, 0.1) is 32.2 Å². The summed E-state index contributed by atoms with van der Waals surface area (Å²) >= 11 is 0. The molecule has 2 nitrogen and oxygen atoms in total. The number of quaternary nitrogens is 1. The molecular weight excluding hydrogens is 232 g/mol. The van der Waals surface area contributed by atoms with Crippen LogP contribution < -0.4 is 9.80 Å². The standard InChI is InChI=1S/C17H24N2/c1-2-4-16(5-3-1)18-8-10-19(11-9-18)17-13-14-6-7-15(17)12-14/h1-5,14-15,17H,6-13H2/p+1/t14-,15+,17+/m1/s1. The maximum atomic E-state index is 2.57. The van der Waals surface area contributed by atoms with Crippen LogP contribution in [0.15, 0.2) is 30.3 Å². The fourth-order valence-electron chi connectivity index (χ4n) is 4.81. The van der Waals surface area contributed by atoms with E-state index in [2.05, 4.69) is 35.2 Å². The number of hydrogen-bond acceptors (Lipinski definition) is 1. The average Bonchev–Trinajstić information content (AvgIpc) is 3.11. The van der Waals surface area contributed by atoms with Gasteiger partial charge in [0, 0.05) is 18.0 Å². The van der Waals surface area contributed by atoms with Crippen molar-refractivity contribution in [2.75, 3.05) is 31.1 Å². The lowest BCUT2D eigenvalue weighted by atomic mass is 9.93. The third-order valence-corrected chi connectivity index (χ3v) is 5.79. The van der Waals surface area contributed by atoms with Crippen LogP contribution in [0, 0.1) is 11.8 Å². The van der Waals surface area contributed by atoms with Gasteiger partial charge in [-0.3, -0.25) is 0 Å². The number of para-hydroxylation sites is 1. The largest absolute Gasteiger partial charge is 0.360 e. The zero-order valence-corrected chi connectivity index (χ0v) is 11.7. The second kappa shape index (κ2) is 4.82. The van der Waals surface area contributed by atoms with Gasteiger partial charge in [0.25, 0.3) is 0 Å². The van der Waals surface area contributed by atoms with Gasteiger partial charge in [0.15, 0.2) is 0 Å². The maximum absolute atomic E-state index is 2.57. The first-order valence-electron chi connectivity index (χ1n) is 8.05. The van der Waals surface area contributed by atoms with Crippen LogP contribution in [0.5, 0.6) is 0 Å². The molecule has 2 heteroatoms. The highest BCUT2D eigenvalue weighted by Crippen LogP contribution is 2.43. The van der Waals surface area contributed by atoms with E-state index in [9.17, 15) is 0 Å². The van der Waals surface area contributed by atoms with Crippen molar-refractivity contribution in [2.24, 2.45) is 11.8 Å². The van der Waals surface area contributed by atoms with E-state index in [-0.39, 0.29) is 0 Å². The Balaban J connectivity index is 1.38. The van der Waals surface area contributed by atoms with Crippen LogP contribution in [-0.2, 0) is 0 Å². The second-order valence-corrected chi connectivity index (χ2v) is 6.76. The minimum atomic E-state index is 1.01. The summed E-state index contributed by atoms with van der Waals surface area (Å²) in [4.78, 5) is 4.48. The summed E-state index contributed by atoms with van der Waals surface area (Å²) in [6.07, 6.45) is 6.15. The van der Waals surface area contributed by atoms with Crippen molar-refractivity contribution in [3.05, 3.63) is 30.3 Å². The molecule has 2 saturated carbocycles. The van der Waals surface area contributed by atoms with Crippen molar-refractivity contribution in [3.63, 3.8) is 0 Å². The zero-order chi connectivity index (χ0) is 12.7. The molecule has 1 saturated heterocycles. The van der Waals surface area contributed by atoms with Crippen molar-refractivity contribution in [3.8, 4) is 0 Å². The number of rotatable bonds is 2. The Morgan fingerprint density at radius 1 is 0.947 bits per heavy atom. The van der Waals surface area contributed by atoms with Gasteiger partial charge in [0.1, 0.15) is 0 Å². The monoisotopic (exact) mass is 257 g/mol. The summed E-state index contributed by atoms with van der Waals surface area (Å²) in [6, 6.07) is 11.9. The van der Waals surface area contributed by atoms with Crippen LogP contribution in [-0.4, -0.2) is 32.2 Å². The Labute approximate surface area is 116 Å². The number of hydrogen-bond donors (Lipinski definition) is 1. The van der Waals surface area contributed by atoms with Crippen LogP contribution in [0.3, 0.4) is 0 Å². The quantitative estimate of drug-likeness (QED) is 0.845. The maximum Gasteiger partial charge on any atom is 0.0951 e. The number of benzene rings is 1. The van der Waals surface area contributed by atoms with E-state index in [0.717, 1.165) is 17.9 Å². The lowest BCUT2D eigenvalue weighted by molar-refractivity contribution is -0.929. The first-order chi connectivity index (χ1) is 9.40. The Bertz CT molecular complexity index is 422. The van der Waals surface area contributed by atoms with Gasteiger partial charge in [-0.1, -0.05) is 18.2 Å². The summed E-state index contributed by atoms with van der Waals surface area (Å²) in [6.45, 7) is 5.19. The molecule has 0 radical (unpaired) electrons. The van der Waals surface area contributed by atoms with Gasteiger partial charge in [-0.2, -0.15) is 0 Å². The predicted molar refractivity (Wildman–Crippen MR) is 78.6 cm³/mol. The van der Waals surface area contributed by atoms with E-state index < -0.39 is 0 Å². The molecule has 3 atom stereocenters. The first kappa shape index (κ1) is 11.8. The number of nitrogens with zero attached hydrogens (tertiary/aromatic N) is 1. The third kappa shape index (κ3) is 2.16. The Hall–Kier alpha value is -1.02. The minimum Gasteiger partial charge on any atom is -0.360 e. The van der Waals surface area contributed by atoms with Crippen LogP contribution in [0.4, 0.5) is 5.69 Å². The lowest BCUT2D eigenvalue weighted by Crippen LogP contribution is -3.18. The Morgan fingerprint density at radius 2 is 1.74 bits per heavy atom. The highest BCUT2D eigenvalue weighted by atomic mass is 15.3. The second-order valence-electron chi connectivity index (χ2n) is 6.76. The zero-order valence-electron chi connectivity index (χ0n) is 11.7. The highest BCUT2D eigenvalue weighted by Gasteiger charge is 2.45. The van der Waals surface area contributed by atoms with Crippen LogP contribution in [0.1, 0.15) is 25.7 Å². The third-order valence-electron chi connectivity index (χ3n) is 5.79. The van der Waals surface area contributed by atoms with E-state index in [0.29, 0.717) is 0 Å². The lowest BCUT2D eigenvalue weighted by Gasteiger charge is -2.39. The molecule has 2 bridgehead atoms. The molecule has 19 heavy (non-hydrogen) atoms. The Kier molecular flexibility index (Phi) is 2.99. The van der Waals surface area contributed by atoms with Gasteiger partial charge in [-0.25, -0.2) is 0 Å². The molecule has 1 aromatic rings. The summed E-state index contributed by atoms with van der Waals surface area (Å²) in [5.74, 6) is 2.16. The van der Waals surface area contributed by atoms with E-state index in [1.165, 1.54) is 51.1 Å². The van der Waals surface area contributed by atoms with E-state index in [1.807, 2.05) is 4.90 Å². The Morgan fingerprint density at radius 3 is 2.37 bits per heavy atom. The van der Waals surface area contributed by atoms with Gasteiger partial charge < -0.3 is 9.80 Å². The van der Waals surface area contributed by atoms with Crippen molar-refractivity contribution in [2.45, 2.75) is 31.7 Å². The molecule has 0 aromatic heterocycles. The van der Waals surface area contributed by atoms with Crippen LogP contribution in [0.2, 0.25) is 0 Å². The number of nitrogens with one attached hydrogen (secondary N) is 1. The minimum absolute atomic E-state index is 1.01. The van der Waals surface area contributed by atoms with Gasteiger partial charge in [0.2, 0.25) is 0 Å². The molecule has 1 N–H and O–H groups in total. The number of piperazine rings is 1. The van der Waals surface area contributed by atoms with Crippen LogP contribution >= 0.6 is 0 Å². The molecule has 1 aliphatic heterocycles. The highest BCUT2D eigenvalue weighted by molar-refractivity contribution is 5.46. The van der Waals surface area contributed by atoms with Crippen molar-refractivity contribution >= 4 is 5.69 Å². The molecule has 1 heterocycles. The van der Waals surface area contributed by atoms with E-state index in [1.54, 1.807) is 6.42 Å². The molecule has 0 amide bonds. The molecule has 4 rings (SSSR count).